The number of benzene rings is 2. The van der Waals surface area contributed by atoms with Crippen molar-refractivity contribution in [2.45, 2.75) is 48.1 Å². The summed E-state index contributed by atoms with van der Waals surface area (Å²) in [5, 5.41) is 6.80. The molecule has 230 valence electrons. The molecule has 2 aromatic carbocycles. The molecule has 0 spiro atoms. The zero-order valence-corrected chi connectivity index (χ0v) is 27.1. The molecule has 5 heteroatoms. The highest BCUT2D eigenvalue weighted by Crippen LogP contribution is 2.32. The van der Waals surface area contributed by atoms with Gasteiger partial charge >= 0.3 is 0 Å². The van der Waals surface area contributed by atoms with Crippen molar-refractivity contribution in [2.75, 3.05) is 12.3 Å². The maximum atomic E-state index is 15.3. The molecule has 0 aliphatic heterocycles. The predicted molar refractivity (Wildman–Crippen MR) is 190 cm³/mol. The molecule has 4 nitrogen and oxygen atoms in total. The molecular weight excluding hydrogens is 543 g/mol. The molecule has 3 rings (SSSR count). The zero-order chi connectivity index (χ0) is 32.6. The minimum absolute atomic E-state index is 0.292. The molecule has 1 aromatic heterocycles. The van der Waals surface area contributed by atoms with Crippen molar-refractivity contribution >= 4 is 22.4 Å². The first-order valence-corrected chi connectivity index (χ1v) is 14.9. The van der Waals surface area contributed by atoms with Gasteiger partial charge in [-0.2, -0.15) is 0 Å². The summed E-state index contributed by atoms with van der Waals surface area (Å²) in [6, 6.07) is 17.2. The van der Waals surface area contributed by atoms with Crippen molar-refractivity contribution in [3.8, 4) is 0 Å². The first-order chi connectivity index (χ1) is 21.2. The van der Waals surface area contributed by atoms with Crippen LogP contribution in [0.25, 0.3) is 16.7 Å². The molecule has 0 amide bonds. The normalized spacial score (nSPS) is 12.5. The van der Waals surface area contributed by atoms with Crippen LogP contribution in [0.3, 0.4) is 0 Å². The van der Waals surface area contributed by atoms with Gasteiger partial charge in [0.25, 0.3) is 0 Å². The molecule has 0 unspecified atom stereocenters. The third-order valence-corrected chi connectivity index (χ3v) is 7.12. The van der Waals surface area contributed by atoms with Crippen molar-refractivity contribution in [3.63, 3.8) is 0 Å². The molecule has 0 saturated heterocycles. The van der Waals surface area contributed by atoms with Crippen LogP contribution in [0.4, 0.5) is 10.1 Å². The second kappa shape index (κ2) is 18.0. The quantitative estimate of drug-likeness (QED) is 0.137. The van der Waals surface area contributed by atoms with Gasteiger partial charge in [-0.05, 0) is 84.9 Å². The summed E-state index contributed by atoms with van der Waals surface area (Å²) in [6.45, 7) is 25.6. The van der Waals surface area contributed by atoms with E-state index in [1.165, 1.54) is 11.6 Å². The SMILES string of the molecule is C=C/C(=C\C(=C/C)c1cc(C(=C)C(=C)N/C(C)=C(C)/C(=C\C)c2cccnc2)c(N)cc1F)CNCc1ccccc1.CC. The molecule has 0 radical (unpaired) electrons. The van der Waals surface area contributed by atoms with E-state index in [4.69, 9.17) is 5.73 Å². The Morgan fingerprint density at radius 1 is 0.977 bits per heavy atom. The summed E-state index contributed by atoms with van der Waals surface area (Å²) in [4.78, 5) is 4.24. The van der Waals surface area contributed by atoms with E-state index in [9.17, 15) is 0 Å². The van der Waals surface area contributed by atoms with E-state index in [1.54, 1.807) is 18.3 Å². The maximum Gasteiger partial charge on any atom is 0.133 e. The number of hydrogen-bond acceptors (Lipinski definition) is 4. The van der Waals surface area contributed by atoms with Crippen LogP contribution < -0.4 is 16.4 Å². The maximum absolute atomic E-state index is 15.3. The number of nitrogens with one attached hydrogen (secondary N) is 2. The fourth-order valence-corrected chi connectivity index (χ4v) is 4.60. The van der Waals surface area contributed by atoms with Gasteiger partial charge in [0.15, 0.2) is 0 Å². The minimum atomic E-state index is -0.409. The lowest BCUT2D eigenvalue weighted by molar-refractivity contribution is 0.625. The highest BCUT2D eigenvalue weighted by molar-refractivity contribution is 5.87. The molecule has 4 N–H and O–H groups in total. The van der Waals surface area contributed by atoms with Crippen molar-refractivity contribution in [1.29, 1.82) is 0 Å². The van der Waals surface area contributed by atoms with Crippen LogP contribution in [0.1, 0.15) is 63.8 Å². The summed E-state index contributed by atoms with van der Waals surface area (Å²) in [7, 11) is 0. The second-order valence-corrected chi connectivity index (χ2v) is 9.95. The Bertz CT molecular complexity index is 1560. The first-order valence-electron chi connectivity index (χ1n) is 14.9. The molecule has 0 aliphatic rings. The van der Waals surface area contributed by atoms with Crippen LogP contribution in [0.15, 0.2) is 134 Å². The van der Waals surface area contributed by atoms with Gasteiger partial charge in [0, 0.05) is 53.7 Å². The van der Waals surface area contributed by atoms with Crippen LogP contribution in [0.5, 0.6) is 0 Å². The lowest BCUT2D eigenvalue weighted by atomic mass is 9.94. The van der Waals surface area contributed by atoms with Crippen LogP contribution >= 0.6 is 0 Å². The summed E-state index contributed by atoms with van der Waals surface area (Å²) in [6.07, 6.45) is 11.2. The molecular formula is C39H47FN4. The van der Waals surface area contributed by atoms with E-state index in [2.05, 4.69) is 53.6 Å². The fourth-order valence-electron chi connectivity index (χ4n) is 4.60. The van der Waals surface area contributed by atoms with Crippen LogP contribution in [-0.2, 0) is 6.54 Å². The molecule has 1 heterocycles. The first kappa shape index (κ1) is 35.5. The number of nitrogens with zero attached hydrogens (tertiary/aromatic N) is 1. The number of nitrogen functional groups attached to an aromatic ring is 1. The zero-order valence-electron chi connectivity index (χ0n) is 27.1. The van der Waals surface area contributed by atoms with Gasteiger partial charge in [0.1, 0.15) is 5.82 Å². The lowest BCUT2D eigenvalue weighted by Crippen LogP contribution is -2.16. The number of pyridine rings is 1. The predicted octanol–water partition coefficient (Wildman–Crippen LogP) is 9.65. The van der Waals surface area contributed by atoms with Crippen LogP contribution in [0.2, 0.25) is 0 Å². The average Bonchev–Trinajstić information content (AvgIpc) is 3.05. The van der Waals surface area contributed by atoms with Crippen LogP contribution in [0, 0.1) is 5.82 Å². The van der Waals surface area contributed by atoms with Gasteiger partial charge in [0.2, 0.25) is 0 Å². The monoisotopic (exact) mass is 590 g/mol. The van der Waals surface area contributed by atoms with Gasteiger partial charge in [-0.1, -0.05) is 94.3 Å². The summed E-state index contributed by atoms with van der Waals surface area (Å²) in [5.74, 6) is -0.409. The molecule has 0 aliphatic carbocycles. The Labute approximate surface area is 264 Å². The summed E-state index contributed by atoms with van der Waals surface area (Å²) < 4.78 is 15.3. The minimum Gasteiger partial charge on any atom is -0.398 e. The summed E-state index contributed by atoms with van der Waals surface area (Å²) >= 11 is 0. The number of hydrogen-bond donors (Lipinski definition) is 3. The number of allylic oxidation sites excluding steroid dienone is 8. The molecule has 0 bridgehead atoms. The summed E-state index contributed by atoms with van der Waals surface area (Å²) in [5.41, 5.74) is 15.7. The van der Waals surface area contributed by atoms with Gasteiger partial charge in [-0.15, -0.1) is 0 Å². The second-order valence-electron chi connectivity index (χ2n) is 9.95. The van der Waals surface area contributed by atoms with E-state index in [-0.39, 0.29) is 0 Å². The Hall–Kier alpha value is -4.74. The van der Waals surface area contributed by atoms with E-state index >= 15 is 4.39 Å². The number of nitrogens with two attached hydrogens (primary N) is 1. The van der Waals surface area contributed by atoms with E-state index in [1.807, 2.05) is 90.2 Å². The Kier molecular flexibility index (Phi) is 14.5. The highest BCUT2D eigenvalue weighted by Gasteiger charge is 2.16. The van der Waals surface area contributed by atoms with Crippen LogP contribution in [-0.4, -0.2) is 11.5 Å². The number of halogens is 1. The van der Waals surface area contributed by atoms with Crippen molar-refractivity contribution < 1.29 is 4.39 Å². The number of aromatic nitrogens is 1. The molecule has 0 fully saturated rings. The fraction of sp³-hybridized carbons (Fsp3) is 0.205. The Balaban J connectivity index is 0.00000330. The van der Waals surface area contributed by atoms with Crippen molar-refractivity contribution in [2.24, 2.45) is 0 Å². The molecule has 0 atom stereocenters. The van der Waals surface area contributed by atoms with Gasteiger partial charge in [-0.25, -0.2) is 4.39 Å². The third kappa shape index (κ3) is 9.65. The Morgan fingerprint density at radius 3 is 2.27 bits per heavy atom. The van der Waals surface area contributed by atoms with Crippen molar-refractivity contribution in [3.05, 3.63) is 162 Å². The average molecular weight is 591 g/mol. The third-order valence-electron chi connectivity index (χ3n) is 7.12. The van der Waals surface area contributed by atoms with E-state index in [0.717, 1.165) is 40.1 Å². The number of anilines is 1. The van der Waals surface area contributed by atoms with Crippen molar-refractivity contribution in [1.82, 2.24) is 15.6 Å². The molecule has 44 heavy (non-hydrogen) atoms. The molecule has 0 saturated carbocycles. The van der Waals surface area contributed by atoms with Gasteiger partial charge < -0.3 is 16.4 Å². The Morgan fingerprint density at radius 2 is 1.68 bits per heavy atom. The standard InChI is InChI=1S/C37H41FN4.C2H6/c1-8-29(22-41-23-30-15-12-11-13-16-30)19-31(9-2)35-20-34(37(39)21-36(35)38)26(5)28(7)42-27(6)25(4)33(10-3)32-17-14-18-40-24-32;1-2/h8-21,24,41-42H,1,5,7,22-23,39H2,2-4,6H3;1-2H3/b27-25+,29-19+,31-9+,33-10+;. The highest BCUT2D eigenvalue weighted by atomic mass is 19.1. The molecule has 3 aromatic rings. The number of rotatable bonds is 13. The van der Waals surface area contributed by atoms with E-state index < -0.39 is 5.82 Å². The topological polar surface area (TPSA) is 63.0 Å². The smallest absolute Gasteiger partial charge is 0.133 e. The lowest BCUT2D eigenvalue weighted by Gasteiger charge is -2.19. The van der Waals surface area contributed by atoms with Gasteiger partial charge in [0.05, 0.1) is 0 Å². The largest absolute Gasteiger partial charge is 0.398 e. The van der Waals surface area contributed by atoms with E-state index in [0.29, 0.717) is 34.6 Å². The van der Waals surface area contributed by atoms with Gasteiger partial charge in [-0.3, -0.25) is 4.98 Å².